The van der Waals surface area contributed by atoms with E-state index < -0.39 is 6.10 Å². The number of carbonyl (C=O) groups excluding carboxylic acids is 1. The lowest BCUT2D eigenvalue weighted by molar-refractivity contribution is 0.0285. The molecule has 0 N–H and O–H groups in total. The third-order valence-electron chi connectivity index (χ3n) is 4.04. The van der Waals surface area contributed by atoms with Crippen LogP contribution < -0.4 is 0 Å². The molecule has 24 heavy (non-hydrogen) atoms. The summed E-state index contributed by atoms with van der Waals surface area (Å²) in [6, 6.07) is 11.5. The van der Waals surface area contributed by atoms with Gasteiger partial charge in [-0.25, -0.2) is 4.79 Å². The van der Waals surface area contributed by atoms with Crippen LogP contribution in [0.2, 0.25) is 0 Å². The van der Waals surface area contributed by atoms with Crippen molar-refractivity contribution in [3.05, 3.63) is 57.6 Å². The number of esters is 1. The molecule has 0 unspecified atom stereocenters. The lowest BCUT2D eigenvalue weighted by Crippen LogP contribution is -2.08. The van der Waals surface area contributed by atoms with E-state index >= 15 is 0 Å². The minimum Gasteiger partial charge on any atom is -0.448 e. The van der Waals surface area contributed by atoms with Crippen LogP contribution >= 0.6 is 11.3 Å². The molecule has 0 saturated heterocycles. The third kappa shape index (κ3) is 2.85. The number of aromatic nitrogens is 2. The van der Waals surface area contributed by atoms with Gasteiger partial charge < -0.3 is 9.15 Å². The summed E-state index contributed by atoms with van der Waals surface area (Å²) in [4.78, 5) is 14.3. The van der Waals surface area contributed by atoms with E-state index in [1.807, 2.05) is 36.4 Å². The van der Waals surface area contributed by atoms with Gasteiger partial charge in [0.15, 0.2) is 6.10 Å². The molecule has 0 aliphatic heterocycles. The molecule has 5 nitrogen and oxygen atoms in total. The highest BCUT2D eigenvalue weighted by molar-refractivity contribution is 7.14. The summed E-state index contributed by atoms with van der Waals surface area (Å²) < 4.78 is 11.1. The predicted molar refractivity (Wildman–Crippen MR) is 89.9 cm³/mol. The average molecular weight is 340 g/mol. The Kier molecular flexibility index (Phi) is 3.90. The number of hydrogen-bond acceptors (Lipinski definition) is 6. The largest absolute Gasteiger partial charge is 0.448 e. The second kappa shape index (κ2) is 6.20. The maximum atomic E-state index is 12.3. The zero-order chi connectivity index (χ0) is 16.5. The zero-order valence-corrected chi connectivity index (χ0v) is 14.0. The Morgan fingerprint density at radius 1 is 1.25 bits per heavy atom. The Morgan fingerprint density at radius 2 is 2.08 bits per heavy atom. The molecular formula is C18H16N2O3S. The fraction of sp³-hybridized carbons (Fsp3) is 0.278. The molecule has 122 valence electrons. The van der Waals surface area contributed by atoms with Crippen molar-refractivity contribution in [2.75, 3.05) is 0 Å². The van der Waals surface area contributed by atoms with E-state index in [9.17, 15) is 4.79 Å². The van der Waals surface area contributed by atoms with Gasteiger partial charge in [0.05, 0.1) is 0 Å². The van der Waals surface area contributed by atoms with E-state index in [1.165, 1.54) is 28.2 Å². The lowest BCUT2D eigenvalue weighted by Gasteiger charge is -2.08. The number of carbonyl (C=O) groups is 1. The number of fused-ring (bicyclic) bond motifs is 1. The van der Waals surface area contributed by atoms with Crippen LogP contribution in [0, 0.1) is 0 Å². The highest BCUT2D eigenvalue weighted by Gasteiger charge is 2.23. The molecule has 1 aromatic carbocycles. The van der Waals surface area contributed by atoms with Gasteiger partial charge in [-0.3, -0.25) is 0 Å². The number of hydrogen-bond donors (Lipinski definition) is 0. The molecule has 2 heterocycles. The van der Waals surface area contributed by atoms with E-state index in [0.29, 0.717) is 16.7 Å². The molecule has 6 heteroatoms. The Bertz CT molecular complexity index is 848. The standard InChI is InChI=1S/C18H16N2O3S/c1-11(16-19-20-17(23-16)12-6-3-2-4-7-12)22-18(21)15-10-13-8-5-9-14(13)24-15/h2-4,6-7,10-11H,5,8-9H2,1H3/t11-/m1/s1. The molecule has 0 radical (unpaired) electrons. The van der Waals surface area contributed by atoms with Crippen molar-refractivity contribution in [2.24, 2.45) is 0 Å². The molecule has 1 aliphatic rings. The quantitative estimate of drug-likeness (QED) is 0.666. The molecule has 0 amide bonds. The maximum absolute atomic E-state index is 12.3. The van der Waals surface area contributed by atoms with Crippen molar-refractivity contribution in [3.63, 3.8) is 0 Å². The Balaban J connectivity index is 1.47. The van der Waals surface area contributed by atoms with Crippen molar-refractivity contribution < 1.29 is 13.9 Å². The molecular weight excluding hydrogens is 324 g/mol. The van der Waals surface area contributed by atoms with Crippen LogP contribution in [-0.4, -0.2) is 16.2 Å². The van der Waals surface area contributed by atoms with Gasteiger partial charge in [0.25, 0.3) is 5.89 Å². The van der Waals surface area contributed by atoms with Crippen LogP contribution in [0.1, 0.15) is 45.5 Å². The van der Waals surface area contributed by atoms with Crippen LogP contribution in [0.15, 0.2) is 40.8 Å². The van der Waals surface area contributed by atoms with Gasteiger partial charge in [0.1, 0.15) is 4.88 Å². The summed E-state index contributed by atoms with van der Waals surface area (Å²) >= 11 is 1.53. The first-order valence-corrected chi connectivity index (χ1v) is 8.74. The molecule has 2 aromatic heterocycles. The molecule has 1 aliphatic carbocycles. The Morgan fingerprint density at radius 3 is 2.88 bits per heavy atom. The van der Waals surface area contributed by atoms with Crippen molar-refractivity contribution in [1.29, 1.82) is 0 Å². The fourth-order valence-corrected chi connectivity index (χ4v) is 3.93. The zero-order valence-electron chi connectivity index (χ0n) is 13.2. The van der Waals surface area contributed by atoms with E-state index in [4.69, 9.17) is 9.15 Å². The molecule has 0 fully saturated rings. The molecule has 1 atom stereocenters. The SMILES string of the molecule is C[C@@H](OC(=O)c1cc2c(s1)CCC2)c1nnc(-c2ccccc2)o1. The monoisotopic (exact) mass is 340 g/mol. The van der Waals surface area contributed by atoms with Crippen LogP contribution in [0.5, 0.6) is 0 Å². The first-order valence-electron chi connectivity index (χ1n) is 7.92. The van der Waals surface area contributed by atoms with Crippen LogP contribution in [0.4, 0.5) is 0 Å². The van der Waals surface area contributed by atoms with Gasteiger partial charge in [0, 0.05) is 10.4 Å². The third-order valence-corrected chi connectivity index (χ3v) is 5.26. The summed E-state index contributed by atoms with van der Waals surface area (Å²) in [7, 11) is 0. The Labute approximate surface area is 143 Å². The summed E-state index contributed by atoms with van der Waals surface area (Å²) in [5.74, 6) is 0.385. The van der Waals surface area contributed by atoms with Crippen LogP contribution in [0.3, 0.4) is 0 Å². The Hall–Kier alpha value is -2.47. The van der Waals surface area contributed by atoms with Crippen molar-refractivity contribution >= 4 is 17.3 Å². The van der Waals surface area contributed by atoms with Gasteiger partial charge in [-0.15, -0.1) is 21.5 Å². The molecule has 0 saturated carbocycles. The summed E-state index contributed by atoms with van der Waals surface area (Å²) in [6.45, 7) is 1.74. The topological polar surface area (TPSA) is 65.2 Å². The van der Waals surface area contributed by atoms with E-state index in [-0.39, 0.29) is 5.97 Å². The minimum absolute atomic E-state index is 0.298. The second-order valence-corrected chi connectivity index (χ2v) is 6.91. The number of thiophene rings is 1. The van der Waals surface area contributed by atoms with Gasteiger partial charge in [-0.05, 0) is 49.9 Å². The van der Waals surface area contributed by atoms with Crippen LogP contribution in [-0.2, 0) is 17.6 Å². The first kappa shape index (κ1) is 15.1. The highest BCUT2D eigenvalue weighted by atomic mass is 32.1. The number of benzene rings is 1. The minimum atomic E-state index is -0.584. The van der Waals surface area contributed by atoms with Crippen molar-refractivity contribution in [1.82, 2.24) is 10.2 Å². The van der Waals surface area contributed by atoms with E-state index in [0.717, 1.165) is 18.4 Å². The predicted octanol–water partition coefficient (Wildman–Crippen LogP) is 4.20. The van der Waals surface area contributed by atoms with Crippen LogP contribution in [0.25, 0.3) is 11.5 Å². The molecule has 0 spiro atoms. The van der Waals surface area contributed by atoms with Gasteiger partial charge in [-0.1, -0.05) is 18.2 Å². The molecule has 0 bridgehead atoms. The number of rotatable bonds is 4. The molecule has 4 rings (SSSR count). The van der Waals surface area contributed by atoms with Gasteiger partial charge >= 0.3 is 5.97 Å². The maximum Gasteiger partial charge on any atom is 0.349 e. The van der Waals surface area contributed by atoms with Gasteiger partial charge in [-0.2, -0.15) is 0 Å². The number of nitrogens with zero attached hydrogens (tertiary/aromatic N) is 2. The lowest BCUT2D eigenvalue weighted by atomic mass is 10.2. The summed E-state index contributed by atoms with van der Waals surface area (Å²) in [5, 5.41) is 8.02. The normalized spacial score (nSPS) is 14.4. The number of ether oxygens (including phenoxy) is 1. The molecule has 3 aromatic rings. The highest BCUT2D eigenvalue weighted by Crippen LogP contribution is 2.32. The van der Waals surface area contributed by atoms with Crippen molar-refractivity contribution in [3.8, 4) is 11.5 Å². The average Bonchev–Trinajstić information content (AvgIpc) is 3.31. The fourth-order valence-electron chi connectivity index (χ4n) is 2.79. The first-order chi connectivity index (χ1) is 11.7. The summed E-state index contributed by atoms with van der Waals surface area (Å²) in [6.07, 6.45) is 2.71. The van der Waals surface area contributed by atoms with Crippen molar-refractivity contribution in [2.45, 2.75) is 32.3 Å². The van der Waals surface area contributed by atoms with E-state index in [1.54, 1.807) is 6.92 Å². The van der Waals surface area contributed by atoms with E-state index in [2.05, 4.69) is 10.2 Å². The number of aryl methyl sites for hydroxylation is 2. The summed E-state index contributed by atoms with van der Waals surface area (Å²) in [5.41, 5.74) is 2.12. The smallest absolute Gasteiger partial charge is 0.349 e. The second-order valence-electron chi connectivity index (χ2n) is 5.77. The van der Waals surface area contributed by atoms with Gasteiger partial charge in [0.2, 0.25) is 5.89 Å².